The third-order valence-corrected chi connectivity index (χ3v) is 0.417. The van der Waals surface area contributed by atoms with Crippen LogP contribution in [-0.4, -0.2) is 11.5 Å². The molecule has 0 aliphatic rings. The van der Waals surface area contributed by atoms with Crippen molar-refractivity contribution < 1.29 is 9.53 Å². The maximum Gasteiger partial charge on any atom is 0.404 e. The van der Waals surface area contributed by atoms with Crippen LogP contribution in [0.2, 0.25) is 0 Å². The van der Waals surface area contributed by atoms with Crippen LogP contribution >= 0.6 is 11.6 Å². The van der Waals surface area contributed by atoms with Crippen molar-refractivity contribution in [1.29, 1.82) is 0 Å². The van der Waals surface area contributed by atoms with Gasteiger partial charge in [0.15, 0.2) is 0 Å². The summed E-state index contributed by atoms with van der Waals surface area (Å²) >= 11 is 4.81. The first kappa shape index (κ1) is 11.5. The molecule has 9 heavy (non-hydrogen) atoms. The number of hydrogen-bond acceptors (Lipinski definition) is 2. The van der Waals surface area contributed by atoms with E-state index in [0.29, 0.717) is 0 Å². The second-order valence-corrected chi connectivity index (χ2v) is 1.71. The second kappa shape index (κ2) is 7.76. The van der Waals surface area contributed by atoms with E-state index in [1.165, 1.54) is 0 Å². The lowest BCUT2D eigenvalue weighted by Crippen LogP contribution is -2.03. The fourth-order valence-electron chi connectivity index (χ4n) is 0.185. The van der Waals surface area contributed by atoms with Gasteiger partial charge in [0.1, 0.15) is 0 Å². The van der Waals surface area contributed by atoms with Crippen LogP contribution in [0.15, 0.2) is 0 Å². The highest BCUT2D eigenvalue weighted by Crippen LogP contribution is 1.92. The Morgan fingerprint density at radius 3 is 1.78 bits per heavy atom. The Labute approximate surface area is 61.1 Å². The number of ether oxygens (including phenoxy) is 1. The van der Waals surface area contributed by atoms with Crippen molar-refractivity contribution in [2.75, 3.05) is 0 Å². The van der Waals surface area contributed by atoms with Gasteiger partial charge in [0, 0.05) is 11.6 Å². The van der Waals surface area contributed by atoms with Crippen LogP contribution < -0.4 is 0 Å². The van der Waals surface area contributed by atoms with Crippen LogP contribution in [0.4, 0.5) is 4.79 Å². The molecule has 0 N–H and O–H groups in total. The largest absolute Gasteiger partial charge is 0.451 e. The Balaban J connectivity index is 0. The lowest BCUT2D eigenvalue weighted by molar-refractivity contribution is 0.141. The third kappa shape index (κ3) is 18.2. The van der Waals surface area contributed by atoms with Gasteiger partial charge >= 0.3 is 5.43 Å². The molecule has 0 saturated carbocycles. The molecule has 0 radical (unpaired) electrons. The van der Waals surface area contributed by atoms with Gasteiger partial charge < -0.3 is 4.74 Å². The van der Waals surface area contributed by atoms with Crippen LogP contribution in [0.25, 0.3) is 0 Å². The fraction of sp³-hybridized carbons (Fsp3) is 0.833. The van der Waals surface area contributed by atoms with E-state index in [-0.39, 0.29) is 6.10 Å². The number of halogens is 1. The van der Waals surface area contributed by atoms with Crippen molar-refractivity contribution in [2.45, 2.75) is 33.8 Å². The highest BCUT2D eigenvalue weighted by Gasteiger charge is 1.96. The van der Waals surface area contributed by atoms with Crippen molar-refractivity contribution in [3.8, 4) is 0 Å². The minimum absolute atomic E-state index is 0.106. The van der Waals surface area contributed by atoms with Gasteiger partial charge in [0.2, 0.25) is 0 Å². The summed E-state index contributed by atoms with van der Waals surface area (Å²) in [5, 5.41) is 0. The van der Waals surface area contributed by atoms with E-state index in [4.69, 9.17) is 11.6 Å². The first-order valence-electron chi connectivity index (χ1n) is 2.99. The van der Waals surface area contributed by atoms with Crippen molar-refractivity contribution >= 4 is 17.0 Å². The SMILES string of the molecule is CC.CC(C)OC(=O)Cl. The summed E-state index contributed by atoms with van der Waals surface area (Å²) in [6.07, 6.45) is -0.106. The van der Waals surface area contributed by atoms with E-state index >= 15 is 0 Å². The van der Waals surface area contributed by atoms with Crippen LogP contribution in [0, 0.1) is 0 Å². The predicted molar refractivity (Wildman–Crippen MR) is 38.8 cm³/mol. The average Bonchev–Trinajstić information content (AvgIpc) is 1.68. The first-order valence-corrected chi connectivity index (χ1v) is 3.37. The van der Waals surface area contributed by atoms with Gasteiger partial charge in [-0.25, -0.2) is 4.79 Å². The lowest BCUT2D eigenvalue weighted by Gasteiger charge is -2.00. The van der Waals surface area contributed by atoms with Crippen molar-refractivity contribution in [1.82, 2.24) is 0 Å². The molecule has 0 unspecified atom stereocenters. The number of carbonyl (C=O) groups excluding carboxylic acids is 1. The Morgan fingerprint density at radius 1 is 1.44 bits per heavy atom. The zero-order chi connectivity index (χ0) is 7.86. The topological polar surface area (TPSA) is 26.3 Å². The number of carbonyl (C=O) groups is 1. The van der Waals surface area contributed by atoms with E-state index in [1.54, 1.807) is 13.8 Å². The zero-order valence-corrected chi connectivity index (χ0v) is 7.03. The number of hydrogen-bond donors (Lipinski definition) is 0. The van der Waals surface area contributed by atoms with Crippen LogP contribution in [-0.2, 0) is 4.74 Å². The molecular formula is C6H13ClO2. The highest BCUT2D eigenvalue weighted by molar-refractivity contribution is 6.61. The molecule has 0 rings (SSSR count). The molecule has 0 aromatic carbocycles. The summed E-state index contributed by atoms with van der Waals surface area (Å²) in [5.41, 5.74) is -0.741. The quantitative estimate of drug-likeness (QED) is 0.540. The Kier molecular flexibility index (Phi) is 9.95. The van der Waals surface area contributed by atoms with Crippen molar-refractivity contribution in [3.63, 3.8) is 0 Å². The van der Waals surface area contributed by atoms with Gasteiger partial charge in [-0.3, -0.25) is 0 Å². The van der Waals surface area contributed by atoms with Crippen molar-refractivity contribution in [2.24, 2.45) is 0 Å². The predicted octanol–water partition coefficient (Wildman–Crippen LogP) is 2.80. The standard InChI is InChI=1S/C4H7ClO2.C2H6/c1-3(2)7-4(5)6;1-2/h3H,1-2H3;1-2H3. The van der Waals surface area contributed by atoms with Gasteiger partial charge in [0.25, 0.3) is 0 Å². The molecule has 0 aromatic heterocycles. The molecule has 0 aliphatic heterocycles. The molecular weight excluding hydrogens is 140 g/mol. The van der Waals surface area contributed by atoms with Crippen molar-refractivity contribution in [3.05, 3.63) is 0 Å². The highest BCUT2D eigenvalue weighted by atomic mass is 35.5. The molecule has 0 bridgehead atoms. The van der Waals surface area contributed by atoms with Crippen LogP contribution in [0.1, 0.15) is 27.7 Å². The smallest absolute Gasteiger partial charge is 0.404 e. The van der Waals surface area contributed by atoms with Gasteiger partial charge in [-0.1, -0.05) is 13.8 Å². The molecule has 56 valence electrons. The molecule has 0 atom stereocenters. The maximum atomic E-state index is 9.80. The summed E-state index contributed by atoms with van der Waals surface area (Å²) in [5.74, 6) is 0. The summed E-state index contributed by atoms with van der Waals surface area (Å²) in [7, 11) is 0. The lowest BCUT2D eigenvalue weighted by atomic mass is 10.5. The summed E-state index contributed by atoms with van der Waals surface area (Å²) in [6.45, 7) is 7.47. The molecule has 0 fully saturated rings. The molecule has 3 heteroatoms. The molecule has 0 aromatic rings. The van der Waals surface area contributed by atoms with E-state index in [2.05, 4.69) is 4.74 Å². The van der Waals surface area contributed by atoms with Crippen LogP contribution in [0.5, 0.6) is 0 Å². The fourth-order valence-corrected chi connectivity index (χ4v) is 0.363. The summed E-state index contributed by atoms with van der Waals surface area (Å²) in [4.78, 5) is 9.80. The summed E-state index contributed by atoms with van der Waals surface area (Å²) in [6, 6.07) is 0. The zero-order valence-electron chi connectivity index (χ0n) is 6.27. The molecule has 0 aliphatic carbocycles. The van der Waals surface area contributed by atoms with Gasteiger partial charge in [-0.15, -0.1) is 0 Å². The summed E-state index contributed by atoms with van der Waals surface area (Å²) < 4.78 is 4.38. The normalized spacial score (nSPS) is 7.78. The third-order valence-electron chi connectivity index (χ3n) is 0.328. The molecule has 0 amide bonds. The molecule has 0 saturated heterocycles. The van der Waals surface area contributed by atoms with Gasteiger partial charge in [0.05, 0.1) is 6.10 Å². The average molecular weight is 153 g/mol. The first-order chi connectivity index (χ1) is 4.13. The number of rotatable bonds is 1. The second-order valence-electron chi connectivity index (χ2n) is 1.40. The Morgan fingerprint density at radius 2 is 1.78 bits per heavy atom. The molecule has 0 spiro atoms. The maximum absolute atomic E-state index is 9.80. The minimum Gasteiger partial charge on any atom is -0.451 e. The Hall–Kier alpha value is -0.240. The van der Waals surface area contributed by atoms with E-state index in [9.17, 15) is 4.79 Å². The van der Waals surface area contributed by atoms with E-state index in [1.807, 2.05) is 13.8 Å². The molecule has 2 nitrogen and oxygen atoms in total. The van der Waals surface area contributed by atoms with Gasteiger partial charge in [-0.2, -0.15) is 0 Å². The molecule has 0 heterocycles. The van der Waals surface area contributed by atoms with E-state index in [0.717, 1.165) is 0 Å². The van der Waals surface area contributed by atoms with Crippen LogP contribution in [0.3, 0.4) is 0 Å². The minimum atomic E-state index is -0.741. The van der Waals surface area contributed by atoms with Gasteiger partial charge in [-0.05, 0) is 13.8 Å². The van der Waals surface area contributed by atoms with E-state index < -0.39 is 5.43 Å². The monoisotopic (exact) mass is 152 g/mol. The Bertz CT molecular complexity index is 71.5.